The number of benzene rings is 1. The molecule has 24 heavy (non-hydrogen) atoms. The van der Waals surface area contributed by atoms with E-state index in [2.05, 4.69) is 6.58 Å². The number of aromatic hydroxyl groups is 1. The zero-order valence-electron chi connectivity index (χ0n) is 14.0. The molecule has 1 saturated heterocycles. The number of allylic oxidation sites excluding steroid dienone is 1. The largest absolute Gasteiger partial charge is 0.504 e. The van der Waals surface area contributed by atoms with E-state index in [0.717, 1.165) is 11.8 Å². The fraction of sp³-hybridized carbons (Fsp3) is 0.333. The van der Waals surface area contributed by atoms with E-state index in [0.29, 0.717) is 34.6 Å². The third-order valence-electron chi connectivity index (χ3n) is 3.91. The number of ether oxygens (including phenoxy) is 1. The Labute approximate surface area is 146 Å². The van der Waals surface area contributed by atoms with Gasteiger partial charge in [-0.2, -0.15) is 0 Å². The van der Waals surface area contributed by atoms with Gasteiger partial charge in [0, 0.05) is 11.6 Å². The van der Waals surface area contributed by atoms with E-state index >= 15 is 0 Å². The van der Waals surface area contributed by atoms with Crippen LogP contribution in [0.1, 0.15) is 31.4 Å². The second-order valence-electron chi connectivity index (χ2n) is 5.53. The number of amides is 2. The number of hydrogen-bond acceptors (Lipinski definition) is 5. The van der Waals surface area contributed by atoms with Crippen LogP contribution in [0.3, 0.4) is 0 Å². The molecule has 0 unspecified atom stereocenters. The molecule has 6 heteroatoms. The number of nitrogens with zero attached hydrogens (tertiary/aromatic N) is 1. The van der Waals surface area contributed by atoms with Gasteiger partial charge in [0.25, 0.3) is 11.1 Å². The Morgan fingerprint density at radius 2 is 2.12 bits per heavy atom. The van der Waals surface area contributed by atoms with Crippen LogP contribution in [0.2, 0.25) is 0 Å². The Morgan fingerprint density at radius 3 is 2.71 bits per heavy atom. The molecule has 0 bridgehead atoms. The highest BCUT2D eigenvalue weighted by Gasteiger charge is 2.37. The number of phenols is 1. The molecule has 2 rings (SSSR count). The van der Waals surface area contributed by atoms with Crippen LogP contribution in [0.15, 0.2) is 29.7 Å². The van der Waals surface area contributed by atoms with Gasteiger partial charge in [-0.05, 0) is 55.3 Å². The molecule has 0 radical (unpaired) electrons. The molecule has 0 aromatic heterocycles. The number of carbonyl (C=O) groups is 2. The average Bonchev–Trinajstić information content (AvgIpc) is 2.83. The number of phenolic OH excluding ortho intramolecular Hbond substituents is 1. The second kappa shape index (κ2) is 7.57. The molecule has 1 heterocycles. The van der Waals surface area contributed by atoms with Crippen LogP contribution in [0.5, 0.6) is 11.5 Å². The highest BCUT2D eigenvalue weighted by Crippen LogP contribution is 2.37. The predicted molar refractivity (Wildman–Crippen MR) is 96.1 cm³/mol. The minimum absolute atomic E-state index is 0.0576. The molecule has 0 saturated carbocycles. The van der Waals surface area contributed by atoms with Crippen molar-refractivity contribution in [2.75, 3.05) is 7.11 Å². The summed E-state index contributed by atoms with van der Waals surface area (Å²) in [5.41, 5.74) is 1.34. The predicted octanol–water partition coefficient (Wildman–Crippen LogP) is 3.96. The lowest BCUT2D eigenvalue weighted by molar-refractivity contribution is -0.124. The lowest BCUT2D eigenvalue weighted by Gasteiger charge is -2.19. The van der Waals surface area contributed by atoms with Crippen molar-refractivity contribution in [2.24, 2.45) is 0 Å². The van der Waals surface area contributed by atoms with Gasteiger partial charge in [0.15, 0.2) is 11.5 Å². The van der Waals surface area contributed by atoms with Gasteiger partial charge in [-0.25, -0.2) is 0 Å². The molecule has 1 aromatic carbocycles. The van der Waals surface area contributed by atoms with Crippen molar-refractivity contribution in [3.05, 3.63) is 40.8 Å². The van der Waals surface area contributed by atoms with E-state index in [9.17, 15) is 14.7 Å². The molecule has 1 N–H and O–H groups in total. The van der Waals surface area contributed by atoms with E-state index in [1.807, 2.05) is 13.8 Å². The Bertz CT molecular complexity index is 711. The van der Waals surface area contributed by atoms with E-state index in [1.54, 1.807) is 24.3 Å². The van der Waals surface area contributed by atoms with Crippen LogP contribution in [-0.2, 0) is 11.2 Å². The minimum Gasteiger partial charge on any atom is -0.504 e. The van der Waals surface area contributed by atoms with Crippen molar-refractivity contribution in [1.29, 1.82) is 0 Å². The highest BCUT2D eigenvalue weighted by molar-refractivity contribution is 8.18. The summed E-state index contributed by atoms with van der Waals surface area (Å²) in [7, 11) is 1.47. The number of thioether (sulfide) groups is 1. The Kier molecular flexibility index (Phi) is 5.72. The fourth-order valence-corrected chi connectivity index (χ4v) is 3.36. The number of carbonyl (C=O) groups excluding carboxylic acids is 2. The van der Waals surface area contributed by atoms with E-state index in [-0.39, 0.29) is 22.9 Å². The lowest BCUT2D eigenvalue weighted by Crippen LogP contribution is -2.36. The van der Waals surface area contributed by atoms with Gasteiger partial charge in [-0.15, -0.1) is 6.58 Å². The van der Waals surface area contributed by atoms with Crippen molar-refractivity contribution in [3.8, 4) is 11.5 Å². The van der Waals surface area contributed by atoms with Crippen LogP contribution < -0.4 is 4.74 Å². The van der Waals surface area contributed by atoms with Crippen LogP contribution in [-0.4, -0.2) is 34.3 Å². The molecule has 0 aliphatic carbocycles. The van der Waals surface area contributed by atoms with E-state index in [1.165, 1.54) is 12.0 Å². The zero-order valence-corrected chi connectivity index (χ0v) is 14.9. The topological polar surface area (TPSA) is 66.8 Å². The van der Waals surface area contributed by atoms with Gasteiger partial charge in [-0.3, -0.25) is 14.5 Å². The smallest absolute Gasteiger partial charge is 0.293 e. The molecular formula is C18H21NO4S. The number of rotatable bonds is 6. The third-order valence-corrected chi connectivity index (χ3v) is 4.80. The summed E-state index contributed by atoms with van der Waals surface area (Å²) in [6.07, 6.45) is 4.51. The summed E-state index contributed by atoms with van der Waals surface area (Å²) >= 11 is 0.932. The van der Waals surface area contributed by atoms with Crippen LogP contribution in [0, 0.1) is 0 Å². The van der Waals surface area contributed by atoms with Crippen molar-refractivity contribution < 1.29 is 19.4 Å². The summed E-state index contributed by atoms with van der Waals surface area (Å²) < 4.78 is 5.18. The van der Waals surface area contributed by atoms with Gasteiger partial charge < -0.3 is 9.84 Å². The SMILES string of the molecule is C=CCc1cc(/C=C2/SC(=O)N([C@H](C)CC)C2=O)cc(OC)c1O. The first-order chi connectivity index (χ1) is 11.4. The van der Waals surface area contributed by atoms with Crippen molar-refractivity contribution in [1.82, 2.24) is 4.90 Å². The van der Waals surface area contributed by atoms with Crippen molar-refractivity contribution in [3.63, 3.8) is 0 Å². The van der Waals surface area contributed by atoms with Crippen molar-refractivity contribution in [2.45, 2.75) is 32.7 Å². The summed E-state index contributed by atoms with van der Waals surface area (Å²) in [5, 5.41) is 9.87. The molecule has 1 aliphatic rings. The maximum Gasteiger partial charge on any atom is 0.293 e. The second-order valence-corrected chi connectivity index (χ2v) is 6.53. The minimum atomic E-state index is -0.281. The van der Waals surface area contributed by atoms with Crippen LogP contribution >= 0.6 is 11.8 Å². The molecule has 1 aliphatic heterocycles. The molecule has 1 atom stereocenters. The molecule has 2 amide bonds. The van der Waals surface area contributed by atoms with E-state index < -0.39 is 0 Å². The number of imide groups is 1. The van der Waals surface area contributed by atoms with Gasteiger partial charge in [0.2, 0.25) is 0 Å². The van der Waals surface area contributed by atoms with Crippen molar-refractivity contribution >= 4 is 29.0 Å². The normalized spacial score (nSPS) is 17.5. The molecular weight excluding hydrogens is 326 g/mol. The summed E-state index contributed by atoms with van der Waals surface area (Å²) in [6.45, 7) is 7.46. The summed E-state index contributed by atoms with van der Waals surface area (Å²) in [6, 6.07) is 3.27. The molecule has 0 spiro atoms. The number of methoxy groups -OCH3 is 1. The van der Waals surface area contributed by atoms with Crippen LogP contribution in [0.4, 0.5) is 4.79 Å². The maximum atomic E-state index is 12.5. The average molecular weight is 347 g/mol. The van der Waals surface area contributed by atoms with Crippen LogP contribution in [0.25, 0.3) is 6.08 Å². The Balaban J connectivity index is 2.41. The quantitative estimate of drug-likeness (QED) is 0.623. The lowest BCUT2D eigenvalue weighted by atomic mass is 10.0. The maximum absolute atomic E-state index is 12.5. The van der Waals surface area contributed by atoms with Gasteiger partial charge in [-0.1, -0.05) is 13.0 Å². The standard InChI is InChI=1S/C18H21NO4S/c1-5-7-13-8-12(9-14(23-4)16(13)20)10-15-17(21)19(11(3)6-2)18(22)24-15/h5,8-11,20H,1,6-7H2,2-4H3/b15-10+/t11-/m1/s1. The van der Waals surface area contributed by atoms with Gasteiger partial charge >= 0.3 is 0 Å². The first kappa shape index (κ1) is 18.1. The molecule has 1 fully saturated rings. The Hall–Kier alpha value is -2.21. The number of hydrogen-bond donors (Lipinski definition) is 1. The summed E-state index contributed by atoms with van der Waals surface area (Å²) in [4.78, 5) is 26.2. The first-order valence-electron chi connectivity index (χ1n) is 7.70. The van der Waals surface area contributed by atoms with Gasteiger partial charge in [0.1, 0.15) is 0 Å². The monoisotopic (exact) mass is 347 g/mol. The molecule has 1 aromatic rings. The highest BCUT2D eigenvalue weighted by atomic mass is 32.2. The Morgan fingerprint density at radius 1 is 1.42 bits per heavy atom. The zero-order chi connectivity index (χ0) is 17.9. The molecule has 5 nitrogen and oxygen atoms in total. The first-order valence-corrected chi connectivity index (χ1v) is 8.52. The fourth-order valence-electron chi connectivity index (χ4n) is 2.43. The molecule has 128 valence electrons. The third kappa shape index (κ3) is 3.48. The van der Waals surface area contributed by atoms with E-state index in [4.69, 9.17) is 4.74 Å². The summed E-state index contributed by atoms with van der Waals surface area (Å²) in [5.74, 6) is 0.0978. The van der Waals surface area contributed by atoms with Gasteiger partial charge in [0.05, 0.1) is 12.0 Å².